The lowest BCUT2D eigenvalue weighted by molar-refractivity contribution is -0.145. The Bertz CT molecular complexity index is 439. The number of hydrogen-bond acceptors (Lipinski definition) is 3. The molecule has 1 heterocycles. The molecule has 0 radical (unpaired) electrons. The molecule has 0 aromatic rings. The van der Waals surface area contributed by atoms with Crippen LogP contribution in [0.4, 0.5) is 0 Å². The van der Waals surface area contributed by atoms with E-state index < -0.39 is 10.8 Å². The van der Waals surface area contributed by atoms with Crippen molar-refractivity contribution in [2.45, 2.75) is 41.5 Å². The van der Waals surface area contributed by atoms with Crippen LogP contribution in [0.5, 0.6) is 0 Å². The lowest BCUT2D eigenvalue weighted by atomic mass is 9.94. The molecule has 0 unspecified atom stereocenters. The standard InChI is InChI=1S/C16H29N3O3/c1-15(2,3)13(21)17-11-12(20)18-7-9-19(10-8-18)14(22)16(4,5)6/h7-11H2,1-6H3,(H,17,21). The predicted octanol–water partition coefficient (Wildman–Crippen LogP) is 0.866. The van der Waals surface area contributed by atoms with E-state index in [1.54, 1.807) is 9.80 Å². The summed E-state index contributed by atoms with van der Waals surface area (Å²) in [4.78, 5) is 39.6. The summed E-state index contributed by atoms with van der Waals surface area (Å²) in [6.45, 7) is 13.3. The van der Waals surface area contributed by atoms with Gasteiger partial charge in [-0.15, -0.1) is 0 Å². The number of carbonyl (C=O) groups is 3. The highest BCUT2D eigenvalue weighted by atomic mass is 16.2. The van der Waals surface area contributed by atoms with Crippen LogP contribution >= 0.6 is 0 Å². The Balaban J connectivity index is 2.43. The number of rotatable bonds is 2. The monoisotopic (exact) mass is 311 g/mol. The second kappa shape index (κ2) is 6.67. The van der Waals surface area contributed by atoms with Crippen LogP contribution in [0, 0.1) is 10.8 Å². The summed E-state index contributed by atoms with van der Waals surface area (Å²) in [7, 11) is 0. The first-order valence-electron chi connectivity index (χ1n) is 7.78. The Hall–Kier alpha value is -1.59. The SMILES string of the molecule is CC(C)(C)C(=O)NCC(=O)N1CCN(C(=O)C(C)(C)C)CC1. The summed E-state index contributed by atoms with van der Waals surface area (Å²) >= 11 is 0. The number of piperazine rings is 1. The van der Waals surface area contributed by atoms with E-state index in [4.69, 9.17) is 0 Å². The highest BCUT2D eigenvalue weighted by molar-refractivity contribution is 5.87. The molecular weight excluding hydrogens is 282 g/mol. The largest absolute Gasteiger partial charge is 0.347 e. The first-order valence-corrected chi connectivity index (χ1v) is 7.78. The number of carbonyl (C=O) groups excluding carboxylic acids is 3. The average molecular weight is 311 g/mol. The zero-order valence-corrected chi connectivity index (χ0v) is 14.7. The zero-order valence-electron chi connectivity index (χ0n) is 14.7. The van der Waals surface area contributed by atoms with Crippen LogP contribution in [-0.4, -0.2) is 60.2 Å². The fourth-order valence-electron chi connectivity index (χ4n) is 2.17. The topological polar surface area (TPSA) is 69.7 Å². The summed E-state index contributed by atoms with van der Waals surface area (Å²) < 4.78 is 0. The van der Waals surface area contributed by atoms with Gasteiger partial charge in [0.25, 0.3) is 0 Å². The molecule has 22 heavy (non-hydrogen) atoms. The van der Waals surface area contributed by atoms with Crippen molar-refractivity contribution in [1.29, 1.82) is 0 Å². The van der Waals surface area contributed by atoms with E-state index in [9.17, 15) is 14.4 Å². The van der Waals surface area contributed by atoms with Crippen LogP contribution in [0.2, 0.25) is 0 Å². The Labute approximate surface area is 133 Å². The molecular formula is C16H29N3O3. The summed E-state index contributed by atoms with van der Waals surface area (Å²) in [5, 5.41) is 2.67. The maximum absolute atomic E-state index is 12.2. The Morgan fingerprint density at radius 2 is 1.27 bits per heavy atom. The molecule has 1 N–H and O–H groups in total. The normalized spacial score (nSPS) is 16.5. The van der Waals surface area contributed by atoms with E-state index >= 15 is 0 Å². The van der Waals surface area contributed by atoms with Gasteiger partial charge in [0.1, 0.15) is 0 Å². The molecule has 6 heteroatoms. The third-order valence-electron chi connectivity index (χ3n) is 3.64. The van der Waals surface area contributed by atoms with Crippen molar-refractivity contribution in [1.82, 2.24) is 15.1 Å². The van der Waals surface area contributed by atoms with E-state index in [0.717, 1.165) is 0 Å². The Morgan fingerprint density at radius 1 is 0.818 bits per heavy atom. The molecule has 3 amide bonds. The van der Waals surface area contributed by atoms with E-state index in [2.05, 4.69) is 5.32 Å². The molecule has 0 aromatic carbocycles. The van der Waals surface area contributed by atoms with Crippen LogP contribution in [0.25, 0.3) is 0 Å². The summed E-state index contributed by atoms with van der Waals surface area (Å²) in [6, 6.07) is 0. The molecule has 0 atom stereocenters. The van der Waals surface area contributed by atoms with Gasteiger partial charge in [0, 0.05) is 37.0 Å². The van der Waals surface area contributed by atoms with Gasteiger partial charge in [-0.3, -0.25) is 14.4 Å². The van der Waals surface area contributed by atoms with Gasteiger partial charge < -0.3 is 15.1 Å². The summed E-state index contributed by atoms with van der Waals surface area (Å²) in [5.41, 5.74) is -0.898. The van der Waals surface area contributed by atoms with E-state index in [-0.39, 0.29) is 24.3 Å². The van der Waals surface area contributed by atoms with Crippen molar-refractivity contribution in [3.63, 3.8) is 0 Å². The van der Waals surface area contributed by atoms with Gasteiger partial charge in [0.2, 0.25) is 17.7 Å². The van der Waals surface area contributed by atoms with Crippen LogP contribution < -0.4 is 5.32 Å². The number of nitrogens with one attached hydrogen (secondary N) is 1. The molecule has 0 spiro atoms. The van der Waals surface area contributed by atoms with Crippen molar-refractivity contribution in [2.24, 2.45) is 10.8 Å². The van der Waals surface area contributed by atoms with Gasteiger partial charge in [-0.1, -0.05) is 41.5 Å². The van der Waals surface area contributed by atoms with Crippen molar-refractivity contribution < 1.29 is 14.4 Å². The van der Waals surface area contributed by atoms with Gasteiger partial charge in [0.05, 0.1) is 6.54 Å². The Kier molecular flexibility index (Phi) is 5.59. The summed E-state index contributed by atoms with van der Waals surface area (Å²) in [5.74, 6) is -0.122. The van der Waals surface area contributed by atoms with Gasteiger partial charge in [-0.2, -0.15) is 0 Å². The van der Waals surface area contributed by atoms with Gasteiger partial charge in [-0.25, -0.2) is 0 Å². The van der Waals surface area contributed by atoms with Gasteiger partial charge in [0.15, 0.2) is 0 Å². The van der Waals surface area contributed by atoms with E-state index in [1.807, 2.05) is 41.5 Å². The molecule has 126 valence electrons. The molecule has 1 saturated heterocycles. The molecule has 1 aliphatic heterocycles. The molecule has 1 aliphatic rings. The fraction of sp³-hybridized carbons (Fsp3) is 0.812. The average Bonchev–Trinajstić information content (AvgIpc) is 2.41. The number of hydrogen-bond donors (Lipinski definition) is 1. The van der Waals surface area contributed by atoms with E-state index in [0.29, 0.717) is 26.2 Å². The third-order valence-corrected chi connectivity index (χ3v) is 3.64. The smallest absolute Gasteiger partial charge is 0.242 e. The number of amides is 3. The van der Waals surface area contributed by atoms with Gasteiger partial charge in [-0.05, 0) is 0 Å². The molecule has 0 aliphatic carbocycles. The predicted molar refractivity (Wildman–Crippen MR) is 85.1 cm³/mol. The fourth-order valence-corrected chi connectivity index (χ4v) is 2.17. The lowest BCUT2D eigenvalue weighted by Gasteiger charge is -2.37. The quantitative estimate of drug-likeness (QED) is 0.822. The minimum atomic E-state index is -0.502. The van der Waals surface area contributed by atoms with Crippen molar-refractivity contribution in [3.8, 4) is 0 Å². The first kappa shape index (κ1) is 18.5. The van der Waals surface area contributed by atoms with Crippen LogP contribution in [0.1, 0.15) is 41.5 Å². The molecule has 0 aromatic heterocycles. The van der Waals surface area contributed by atoms with Crippen LogP contribution in [0.15, 0.2) is 0 Å². The van der Waals surface area contributed by atoms with Crippen molar-refractivity contribution >= 4 is 17.7 Å². The van der Waals surface area contributed by atoms with Crippen molar-refractivity contribution in [2.75, 3.05) is 32.7 Å². The minimum Gasteiger partial charge on any atom is -0.347 e. The molecule has 1 fully saturated rings. The maximum atomic E-state index is 12.2. The second-order valence-corrected chi connectivity index (χ2v) is 7.86. The molecule has 6 nitrogen and oxygen atoms in total. The van der Waals surface area contributed by atoms with E-state index in [1.165, 1.54) is 0 Å². The summed E-state index contributed by atoms with van der Waals surface area (Å²) in [6.07, 6.45) is 0. The van der Waals surface area contributed by atoms with Crippen LogP contribution in [0.3, 0.4) is 0 Å². The van der Waals surface area contributed by atoms with Gasteiger partial charge >= 0.3 is 0 Å². The zero-order chi connectivity index (χ0) is 17.1. The van der Waals surface area contributed by atoms with Crippen LogP contribution in [-0.2, 0) is 14.4 Å². The number of nitrogens with zero attached hydrogens (tertiary/aromatic N) is 2. The molecule has 0 bridgehead atoms. The Morgan fingerprint density at radius 3 is 1.68 bits per heavy atom. The van der Waals surface area contributed by atoms with Crippen molar-refractivity contribution in [3.05, 3.63) is 0 Å². The second-order valence-electron chi connectivity index (χ2n) is 7.86. The lowest BCUT2D eigenvalue weighted by Crippen LogP contribution is -2.54. The highest BCUT2D eigenvalue weighted by Gasteiger charge is 2.31. The highest BCUT2D eigenvalue weighted by Crippen LogP contribution is 2.18. The molecule has 0 saturated carbocycles. The minimum absolute atomic E-state index is 0.0172. The molecule has 1 rings (SSSR count). The first-order chi connectivity index (χ1) is 9.93. The third kappa shape index (κ3) is 5.00. The maximum Gasteiger partial charge on any atom is 0.242 e.